The van der Waals surface area contributed by atoms with Crippen molar-refractivity contribution in [2.75, 3.05) is 5.73 Å². The highest BCUT2D eigenvalue weighted by molar-refractivity contribution is 5.62. The fraction of sp³-hybridized carbons (Fsp3) is 0.0667. The number of benzene rings is 2. The smallest absolute Gasteiger partial charge is 0.261 e. The maximum atomic E-state index is 13.8. The van der Waals surface area contributed by atoms with Crippen molar-refractivity contribution in [3.63, 3.8) is 0 Å². The van der Waals surface area contributed by atoms with Crippen molar-refractivity contribution in [1.82, 2.24) is 10.1 Å². The fourth-order valence-electron chi connectivity index (χ4n) is 1.90. The lowest BCUT2D eigenvalue weighted by atomic mass is 10.1. The van der Waals surface area contributed by atoms with Crippen LogP contribution in [0.4, 0.5) is 14.5 Å². The Morgan fingerprint density at radius 2 is 1.76 bits per heavy atom. The Bertz CT molecular complexity index is 797. The van der Waals surface area contributed by atoms with Crippen molar-refractivity contribution in [2.24, 2.45) is 0 Å². The van der Waals surface area contributed by atoms with E-state index in [4.69, 9.17) is 10.3 Å². The molecule has 106 valence electrons. The summed E-state index contributed by atoms with van der Waals surface area (Å²) in [6.07, 6.45) is 0. The lowest BCUT2D eigenvalue weighted by molar-refractivity contribution is 0.429. The third-order valence-electron chi connectivity index (χ3n) is 3.07. The Labute approximate surface area is 119 Å². The minimum atomic E-state index is -0.745. The largest absolute Gasteiger partial charge is 0.399 e. The monoisotopic (exact) mass is 287 g/mol. The summed E-state index contributed by atoms with van der Waals surface area (Å²) >= 11 is 0. The molecule has 3 aromatic rings. The first-order chi connectivity index (χ1) is 10.0. The van der Waals surface area contributed by atoms with Crippen molar-refractivity contribution in [2.45, 2.75) is 6.92 Å². The molecular weight excluding hydrogens is 276 g/mol. The lowest BCUT2D eigenvalue weighted by Gasteiger charge is -2.00. The van der Waals surface area contributed by atoms with Crippen molar-refractivity contribution in [3.05, 3.63) is 53.6 Å². The van der Waals surface area contributed by atoms with Crippen LogP contribution in [0.5, 0.6) is 0 Å². The van der Waals surface area contributed by atoms with Crippen LogP contribution < -0.4 is 5.73 Å². The van der Waals surface area contributed by atoms with Gasteiger partial charge in [0, 0.05) is 17.3 Å². The summed E-state index contributed by atoms with van der Waals surface area (Å²) in [5.74, 6) is -1.05. The van der Waals surface area contributed by atoms with Gasteiger partial charge in [0.2, 0.25) is 5.82 Å². The second-order valence-corrected chi connectivity index (χ2v) is 4.63. The molecule has 0 amide bonds. The van der Waals surface area contributed by atoms with Gasteiger partial charge in [-0.05, 0) is 42.8 Å². The predicted octanol–water partition coefficient (Wildman–Crippen LogP) is 3.57. The zero-order valence-corrected chi connectivity index (χ0v) is 11.1. The maximum Gasteiger partial charge on any atom is 0.261 e. The number of rotatable bonds is 2. The Kier molecular flexibility index (Phi) is 3.13. The van der Waals surface area contributed by atoms with Crippen LogP contribution >= 0.6 is 0 Å². The van der Waals surface area contributed by atoms with Crippen molar-refractivity contribution in [1.29, 1.82) is 0 Å². The normalized spacial score (nSPS) is 10.8. The van der Waals surface area contributed by atoms with E-state index in [0.717, 1.165) is 6.07 Å². The average Bonchev–Trinajstić information content (AvgIpc) is 2.93. The fourth-order valence-corrected chi connectivity index (χ4v) is 1.90. The van der Waals surface area contributed by atoms with E-state index in [1.54, 1.807) is 24.3 Å². The third-order valence-corrected chi connectivity index (χ3v) is 3.07. The lowest BCUT2D eigenvalue weighted by Crippen LogP contribution is -1.91. The average molecular weight is 287 g/mol. The van der Waals surface area contributed by atoms with E-state index in [2.05, 4.69) is 10.1 Å². The van der Waals surface area contributed by atoms with Gasteiger partial charge in [0.25, 0.3) is 5.89 Å². The predicted molar refractivity (Wildman–Crippen MR) is 74.2 cm³/mol. The molecule has 0 radical (unpaired) electrons. The number of nitrogens with zero attached hydrogens (tertiary/aromatic N) is 2. The molecule has 6 heteroatoms. The van der Waals surface area contributed by atoms with Crippen LogP contribution in [0.25, 0.3) is 22.8 Å². The highest BCUT2D eigenvalue weighted by Gasteiger charge is 2.16. The summed E-state index contributed by atoms with van der Waals surface area (Å²) in [7, 11) is 0. The molecule has 0 fully saturated rings. The number of halogens is 2. The van der Waals surface area contributed by atoms with Crippen molar-refractivity contribution >= 4 is 5.69 Å². The number of aryl methyl sites for hydroxylation is 1. The number of nitrogen functional groups attached to an aromatic ring is 1. The second kappa shape index (κ2) is 4.97. The van der Waals surface area contributed by atoms with Gasteiger partial charge < -0.3 is 10.3 Å². The molecule has 0 unspecified atom stereocenters. The molecule has 0 atom stereocenters. The standard InChI is InChI=1S/C15H11F2N3O/c1-8-6-11(13(17)7-12(8)16)15-19-14(20-21-15)9-2-4-10(18)5-3-9/h2-7H,18H2,1H3. The molecule has 0 aliphatic carbocycles. The third kappa shape index (κ3) is 2.47. The number of aromatic nitrogens is 2. The van der Waals surface area contributed by atoms with Gasteiger partial charge in [0.15, 0.2) is 0 Å². The first-order valence-electron chi connectivity index (χ1n) is 6.20. The van der Waals surface area contributed by atoms with E-state index in [9.17, 15) is 8.78 Å². The zero-order valence-electron chi connectivity index (χ0n) is 11.1. The van der Waals surface area contributed by atoms with Crippen LogP contribution in [-0.2, 0) is 0 Å². The summed E-state index contributed by atoms with van der Waals surface area (Å²) < 4.78 is 32.1. The van der Waals surface area contributed by atoms with Crippen LogP contribution in [0.15, 0.2) is 40.9 Å². The molecule has 21 heavy (non-hydrogen) atoms. The van der Waals surface area contributed by atoms with Gasteiger partial charge in [-0.25, -0.2) is 8.78 Å². The molecule has 1 aromatic heterocycles. The molecular formula is C15H11F2N3O. The van der Waals surface area contributed by atoms with E-state index in [1.165, 1.54) is 13.0 Å². The van der Waals surface area contributed by atoms with Gasteiger partial charge in [-0.3, -0.25) is 0 Å². The van der Waals surface area contributed by atoms with Crippen LogP contribution in [0.2, 0.25) is 0 Å². The van der Waals surface area contributed by atoms with Gasteiger partial charge in [-0.15, -0.1) is 0 Å². The van der Waals surface area contributed by atoms with Crippen LogP contribution in [0.1, 0.15) is 5.56 Å². The molecule has 0 saturated carbocycles. The van der Waals surface area contributed by atoms with Crippen molar-refractivity contribution in [3.8, 4) is 22.8 Å². The summed E-state index contributed by atoms with van der Waals surface area (Å²) in [5, 5.41) is 3.80. The molecule has 0 aliphatic rings. The van der Waals surface area contributed by atoms with E-state index < -0.39 is 11.6 Å². The van der Waals surface area contributed by atoms with E-state index in [0.29, 0.717) is 22.6 Å². The first-order valence-corrected chi connectivity index (χ1v) is 6.20. The first kappa shape index (κ1) is 13.2. The maximum absolute atomic E-state index is 13.8. The Morgan fingerprint density at radius 3 is 2.48 bits per heavy atom. The number of nitrogens with two attached hydrogens (primary N) is 1. The van der Waals surface area contributed by atoms with Gasteiger partial charge in [-0.2, -0.15) is 4.98 Å². The number of anilines is 1. The number of hydrogen-bond acceptors (Lipinski definition) is 4. The highest BCUT2D eigenvalue weighted by Crippen LogP contribution is 2.26. The molecule has 1 heterocycles. The topological polar surface area (TPSA) is 64.9 Å². The van der Waals surface area contributed by atoms with Gasteiger partial charge >= 0.3 is 0 Å². The SMILES string of the molecule is Cc1cc(-c2nc(-c3ccc(N)cc3)no2)c(F)cc1F. The minimum absolute atomic E-state index is 0.00225. The van der Waals surface area contributed by atoms with Crippen LogP contribution in [0, 0.1) is 18.6 Å². The summed E-state index contributed by atoms with van der Waals surface area (Å²) in [5.41, 5.74) is 7.29. The van der Waals surface area contributed by atoms with E-state index >= 15 is 0 Å². The van der Waals surface area contributed by atoms with Gasteiger partial charge in [0.1, 0.15) is 11.6 Å². The molecule has 0 aliphatic heterocycles. The van der Waals surface area contributed by atoms with Gasteiger partial charge in [0.05, 0.1) is 5.56 Å². The molecule has 2 aromatic carbocycles. The quantitative estimate of drug-likeness (QED) is 0.732. The highest BCUT2D eigenvalue weighted by atomic mass is 19.1. The molecule has 0 spiro atoms. The zero-order chi connectivity index (χ0) is 15.0. The summed E-state index contributed by atoms with van der Waals surface area (Å²) in [6, 6.07) is 9.01. The Balaban J connectivity index is 2.02. The van der Waals surface area contributed by atoms with E-state index in [-0.39, 0.29) is 11.5 Å². The molecule has 0 saturated heterocycles. The molecule has 2 N–H and O–H groups in total. The minimum Gasteiger partial charge on any atom is -0.399 e. The molecule has 4 nitrogen and oxygen atoms in total. The molecule has 0 bridgehead atoms. The van der Waals surface area contributed by atoms with Crippen molar-refractivity contribution < 1.29 is 13.3 Å². The summed E-state index contributed by atoms with van der Waals surface area (Å²) in [4.78, 5) is 4.13. The Morgan fingerprint density at radius 1 is 1.05 bits per heavy atom. The second-order valence-electron chi connectivity index (χ2n) is 4.63. The van der Waals surface area contributed by atoms with Gasteiger partial charge in [-0.1, -0.05) is 5.16 Å². The van der Waals surface area contributed by atoms with Crippen LogP contribution in [0.3, 0.4) is 0 Å². The molecule has 3 rings (SSSR count). The Hall–Kier alpha value is -2.76. The summed E-state index contributed by atoms with van der Waals surface area (Å²) in [6.45, 7) is 1.54. The number of hydrogen-bond donors (Lipinski definition) is 1. The van der Waals surface area contributed by atoms with E-state index in [1.807, 2.05) is 0 Å². The van der Waals surface area contributed by atoms with Crippen LogP contribution in [-0.4, -0.2) is 10.1 Å².